The van der Waals surface area contributed by atoms with E-state index in [1.165, 1.54) is 25.7 Å². The van der Waals surface area contributed by atoms with Crippen LogP contribution in [0.15, 0.2) is 209 Å². The van der Waals surface area contributed by atoms with E-state index >= 15 is 0 Å². The van der Waals surface area contributed by atoms with E-state index in [1.807, 2.05) is 41.7 Å². The van der Waals surface area contributed by atoms with Crippen molar-refractivity contribution in [2.75, 3.05) is 0 Å². The van der Waals surface area contributed by atoms with Crippen molar-refractivity contribution in [3.63, 3.8) is 0 Å². The molecule has 0 bridgehead atoms. The second-order valence-corrected chi connectivity index (χ2v) is 17.7. The van der Waals surface area contributed by atoms with Crippen LogP contribution in [0.3, 0.4) is 0 Å². The van der Waals surface area contributed by atoms with Crippen LogP contribution in [0, 0.1) is 0 Å². The molecule has 14 aromatic rings. The Balaban J connectivity index is 1.01. The average molecular weight is 848 g/mol. The van der Waals surface area contributed by atoms with Crippen molar-refractivity contribution >= 4 is 96.9 Å². The van der Waals surface area contributed by atoms with Gasteiger partial charge in [0.25, 0.3) is 0 Å². The Hall–Kier alpha value is -8.45. The maximum atomic E-state index is 6.71. The van der Waals surface area contributed by atoms with Crippen LogP contribution in [0.1, 0.15) is 0 Å². The number of hydrogen-bond acceptors (Lipinski definition) is 6. The van der Waals surface area contributed by atoms with Crippen LogP contribution in [-0.2, 0) is 0 Å². The van der Waals surface area contributed by atoms with Crippen molar-refractivity contribution in [2.45, 2.75) is 0 Å². The van der Waals surface area contributed by atoms with Gasteiger partial charge in [0.2, 0.25) is 0 Å². The molecule has 0 unspecified atom stereocenters. The summed E-state index contributed by atoms with van der Waals surface area (Å²) >= 11 is 1.84. The third-order valence-corrected chi connectivity index (χ3v) is 14.2. The normalized spacial score (nSPS) is 12.0. The number of fused-ring (bicyclic) bond motifs is 11. The summed E-state index contributed by atoms with van der Waals surface area (Å²) in [5.41, 5.74) is 10.4. The number of thiophene rings is 1. The third kappa shape index (κ3) is 5.61. The summed E-state index contributed by atoms with van der Waals surface area (Å²) in [7, 11) is 0. The second-order valence-electron chi connectivity index (χ2n) is 16.6. The van der Waals surface area contributed by atoms with Crippen LogP contribution < -0.4 is 0 Å². The maximum Gasteiger partial charge on any atom is 0.167 e. The molecule has 0 saturated carbocycles. The van der Waals surface area contributed by atoms with Crippen molar-refractivity contribution in [1.29, 1.82) is 0 Å². The minimum atomic E-state index is 0.547. The van der Waals surface area contributed by atoms with E-state index in [1.54, 1.807) is 0 Å². The van der Waals surface area contributed by atoms with E-state index in [4.69, 9.17) is 23.8 Å². The number of aromatic nitrogens is 3. The van der Waals surface area contributed by atoms with E-state index in [0.717, 1.165) is 98.8 Å². The number of rotatable bonds is 5. The van der Waals surface area contributed by atoms with Gasteiger partial charge in [-0.1, -0.05) is 152 Å². The number of nitrogens with zero attached hydrogens (tertiary/aromatic N) is 3. The molecule has 0 atom stereocenters. The van der Waals surface area contributed by atoms with Crippen molar-refractivity contribution in [3.05, 3.63) is 200 Å². The molecule has 5 nitrogen and oxygen atoms in total. The summed E-state index contributed by atoms with van der Waals surface area (Å²) in [5, 5.41) is 11.2. The first-order chi connectivity index (χ1) is 32.2. The molecule has 6 heteroatoms. The monoisotopic (exact) mass is 847 g/mol. The number of para-hydroxylation sites is 3. The fourth-order valence-electron chi connectivity index (χ4n) is 9.92. The SMILES string of the molecule is c1ccc2cc(-c3nc(-c4ccc(-c5cc(-c6cccc7c6sc6ccccc67)cc6oc7ccccc7c56)c5ccccc45)nc(-c4cccc5c4oc4ccccc45)n3)ccc2c1. The average Bonchev–Trinajstić information content (AvgIpc) is 4.07. The highest BCUT2D eigenvalue weighted by atomic mass is 32.1. The molecule has 0 N–H and O–H groups in total. The Kier molecular flexibility index (Phi) is 7.79. The molecule has 0 spiro atoms. The zero-order valence-corrected chi connectivity index (χ0v) is 35.4. The van der Waals surface area contributed by atoms with Gasteiger partial charge < -0.3 is 8.83 Å². The summed E-state index contributed by atoms with van der Waals surface area (Å²) in [6, 6.07) is 70.4. The molecule has 0 fully saturated rings. The quantitative estimate of drug-likeness (QED) is 0.173. The van der Waals surface area contributed by atoms with E-state index in [2.05, 4.69) is 170 Å². The van der Waals surface area contributed by atoms with Gasteiger partial charge in [-0.05, 0) is 92.3 Å². The van der Waals surface area contributed by atoms with Crippen LogP contribution in [0.2, 0.25) is 0 Å². The van der Waals surface area contributed by atoms with E-state index < -0.39 is 0 Å². The zero-order chi connectivity index (χ0) is 42.6. The second kappa shape index (κ2) is 14.0. The first kappa shape index (κ1) is 36.1. The van der Waals surface area contributed by atoms with Crippen LogP contribution in [0.4, 0.5) is 0 Å². The fraction of sp³-hybridized carbons (Fsp3) is 0. The fourth-order valence-corrected chi connectivity index (χ4v) is 11.2. The molecule has 0 aliphatic carbocycles. The van der Waals surface area contributed by atoms with Gasteiger partial charge in [-0.25, -0.2) is 15.0 Å². The molecule has 0 aliphatic heterocycles. The van der Waals surface area contributed by atoms with Gasteiger partial charge in [0.05, 0.1) is 5.56 Å². The molecule has 0 amide bonds. The van der Waals surface area contributed by atoms with Gasteiger partial charge in [-0.2, -0.15) is 0 Å². The van der Waals surface area contributed by atoms with Gasteiger partial charge in [0.1, 0.15) is 22.3 Å². The summed E-state index contributed by atoms with van der Waals surface area (Å²) in [6.45, 7) is 0. The van der Waals surface area contributed by atoms with Crippen LogP contribution >= 0.6 is 11.3 Å². The van der Waals surface area contributed by atoms with E-state index in [-0.39, 0.29) is 0 Å². The summed E-state index contributed by atoms with van der Waals surface area (Å²) < 4.78 is 15.8. The molecule has 302 valence electrons. The zero-order valence-electron chi connectivity index (χ0n) is 34.6. The molecular formula is C59H33N3O2S. The molecule has 14 rings (SSSR count). The van der Waals surface area contributed by atoms with Crippen molar-refractivity contribution in [3.8, 4) is 56.4 Å². The molecule has 4 aromatic heterocycles. The van der Waals surface area contributed by atoms with Gasteiger partial charge >= 0.3 is 0 Å². The van der Waals surface area contributed by atoms with Gasteiger partial charge in [-0.3, -0.25) is 0 Å². The minimum absolute atomic E-state index is 0.547. The smallest absolute Gasteiger partial charge is 0.167 e. The van der Waals surface area contributed by atoms with Crippen LogP contribution in [0.5, 0.6) is 0 Å². The van der Waals surface area contributed by atoms with Gasteiger partial charge in [0, 0.05) is 52.8 Å². The first-order valence-corrected chi connectivity index (χ1v) is 22.6. The van der Waals surface area contributed by atoms with Crippen molar-refractivity contribution in [2.24, 2.45) is 0 Å². The van der Waals surface area contributed by atoms with E-state index in [0.29, 0.717) is 17.5 Å². The minimum Gasteiger partial charge on any atom is -0.456 e. The summed E-state index contributed by atoms with van der Waals surface area (Å²) in [6.07, 6.45) is 0. The highest BCUT2D eigenvalue weighted by molar-refractivity contribution is 7.26. The highest BCUT2D eigenvalue weighted by Crippen LogP contribution is 2.47. The topological polar surface area (TPSA) is 65.0 Å². The third-order valence-electron chi connectivity index (χ3n) is 12.9. The molecule has 0 aliphatic rings. The maximum absolute atomic E-state index is 6.71. The largest absolute Gasteiger partial charge is 0.456 e. The van der Waals surface area contributed by atoms with Crippen molar-refractivity contribution in [1.82, 2.24) is 15.0 Å². The molecule has 4 heterocycles. The Morgan fingerprint density at radius 1 is 0.323 bits per heavy atom. The molecular weight excluding hydrogens is 815 g/mol. The number of benzene rings is 10. The van der Waals surface area contributed by atoms with Gasteiger partial charge in [0.15, 0.2) is 17.5 Å². The number of furan rings is 2. The lowest BCUT2D eigenvalue weighted by atomic mass is 9.90. The van der Waals surface area contributed by atoms with Crippen LogP contribution in [-0.4, -0.2) is 15.0 Å². The Morgan fingerprint density at radius 3 is 1.78 bits per heavy atom. The lowest BCUT2D eigenvalue weighted by Crippen LogP contribution is -2.01. The number of hydrogen-bond donors (Lipinski definition) is 0. The molecule has 0 radical (unpaired) electrons. The summed E-state index contributed by atoms with van der Waals surface area (Å²) in [5.74, 6) is 1.72. The van der Waals surface area contributed by atoms with E-state index in [9.17, 15) is 0 Å². The Morgan fingerprint density at radius 2 is 0.938 bits per heavy atom. The van der Waals surface area contributed by atoms with Gasteiger partial charge in [-0.15, -0.1) is 11.3 Å². The lowest BCUT2D eigenvalue weighted by Gasteiger charge is -2.15. The predicted molar refractivity (Wildman–Crippen MR) is 269 cm³/mol. The molecule has 65 heavy (non-hydrogen) atoms. The predicted octanol–water partition coefficient (Wildman–Crippen LogP) is 16.7. The Bertz CT molecular complexity index is 4270. The Labute approximate surface area is 375 Å². The standard InChI is InChI=1S/C59H33N3O2S/c1-2-14-35-31-36(28-27-34(35)13-1)57-60-58(62-59(61-57)48-23-12-21-44-42-17-5-8-24-50(42)64-55(44)48)46-30-29-41(39-15-3-4-16-40(39)46)49-32-37(33-52-54(49)47-19-6-9-25-51(47)63-52)38-20-11-22-45-43-18-7-10-26-53(43)65-56(38)45/h1-33H. The highest BCUT2D eigenvalue weighted by Gasteiger charge is 2.22. The first-order valence-electron chi connectivity index (χ1n) is 21.7. The van der Waals surface area contributed by atoms with Crippen LogP contribution in [0.25, 0.3) is 142 Å². The lowest BCUT2D eigenvalue weighted by molar-refractivity contribution is 0.669. The molecule has 0 saturated heterocycles. The van der Waals surface area contributed by atoms with Crippen molar-refractivity contribution < 1.29 is 8.83 Å². The molecule has 10 aromatic carbocycles. The summed E-state index contributed by atoms with van der Waals surface area (Å²) in [4.78, 5) is 15.8.